The van der Waals surface area contributed by atoms with Crippen LogP contribution < -0.4 is 5.32 Å². The quantitative estimate of drug-likeness (QED) is 0.882. The van der Waals surface area contributed by atoms with Crippen LogP contribution >= 0.6 is 0 Å². The molecule has 18 heavy (non-hydrogen) atoms. The second-order valence-electron chi connectivity index (χ2n) is 5.23. The SMILES string of the molecule is Cc1nnc2c(NC(C)CCC(C)C)nccn12. The molecular formula is C13H21N5. The highest BCUT2D eigenvalue weighted by atomic mass is 15.3. The molecule has 0 amide bonds. The molecule has 0 saturated heterocycles. The monoisotopic (exact) mass is 247 g/mol. The molecule has 5 heteroatoms. The minimum atomic E-state index is 0.392. The van der Waals surface area contributed by atoms with Gasteiger partial charge in [0.1, 0.15) is 5.82 Å². The van der Waals surface area contributed by atoms with Crippen LogP contribution in [0.2, 0.25) is 0 Å². The minimum Gasteiger partial charge on any atom is -0.364 e. The van der Waals surface area contributed by atoms with E-state index in [0.29, 0.717) is 6.04 Å². The summed E-state index contributed by atoms with van der Waals surface area (Å²) in [6, 6.07) is 0.392. The molecule has 1 atom stereocenters. The Balaban J connectivity index is 2.11. The largest absolute Gasteiger partial charge is 0.364 e. The number of anilines is 1. The normalized spacial score (nSPS) is 13.2. The number of rotatable bonds is 5. The van der Waals surface area contributed by atoms with Crippen molar-refractivity contribution in [2.45, 2.75) is 46.6 Å². The topological polar surface area (TPSA) is 55.1 Å². The van der Waals surface area contributed by atoms with Crippen molar-refractivity contribution in [3.63, 3.8) is 0 Å². The van der Waals surface area contributed by atoms with E-state index in [1.807, 2.05) is 17.5 Å². The predicted octanol–water partition coefficient (Wildman–Crippen LogP) is 2.67. The number of aryl methyl sites for hydroxylation is 1. The van der Waals surface area contributed by atoms with Crippen molar-refractivity contribution in [2.75, 3.05) is 5.32 Å². The summed E-state index contributed by atoms with van der Waals surface area (Å²) in [6.45, 7) is 8.60. The van der Waals surface area contributed by atoms with Crippen molar-refractivity contribution in [3.8, 4) is 0 Å². The number of hydrogen-bond acceptors (Lipinski definition) is 4. The Labute approximate surface area is 108 Å². The van der Waals surface area contributed by atoms with Crippen molar-refractivity contribution in [3.05, 3.63) is 18.2 Å². The lowest BCUT2D eigenvalue weighted by atomic mass is 10.0. The van der Waals surface area contributed by atoms with Crippen molar-refractivity contribution >= 4 is 11.5 Å². The molecule has 2 aromatic rings. The molecule has 0 aromatic carbocycles. The van der Waals surface area contributed by atoms with Gasteiger partial charge in [0, 0.05) is 18.4 Å². The first-order chi connectivity index (χ1) is 8.58. The molecule has 0 spiro atoms. The first-order valence-electron chi connectivity index (χ1n) is 6.50. The molecule has 0 aliphatic rings. The summed E-state index contributed by atoms with van der Waals surface area (Å²) in [7, 11) is 0. The van der Waals surface area contributed by atoms with Gasteiger partial charge >= 0.3 is 0 Å². The molecule has 0 radical (unpaired) electrons. The molecule has 1 unspecified atom stereocenters. The van der Waals surface area contributed by atoms with Crippen LogP contribution in [0.1, 0.15) is 39.4 Å². The zero-order chi connectivity index (χ0) is 13.1. The molecule has 0 aliphatic heterocycles. The summed E-state index contributed by atoms with van der Waals surface area (Å²) in [5, 5.41) is 11.6. The van der Waals surface area contributed by atoms with Gasteiger partial charge in [0.2, 0.25) is 5.65 Å². The maximum Gasteiger partial charge on any atom is 0.203 e. The van der Waals surface area contributed by atoms with Gasteiger partial charge in [-0.25, -0.2) is 4.98 Å². The van der Waals surface area contributed by atoms with Crippen LogP contribution in [0.5, 0.6) is 0 Å². The van der Waals surface area contributed by atoms with Crippen molar-refractivity contribution < 1.29 is 0 Å². The van der Waals surface area contributed by atoms with Gasteiger partial charge in [-0.05, 0) is 32.6 Å². The van der Waals surface area contributed by atoms with Gasteiger partial charge in [0.25, 0.3) is 0 Å². The Morgan fingerprint density at radius 3 is 2.72 bits per heavy atom. The summed E-state index contributed by atoms with van der Waals surface area (Å²) < 4.78 is 1.95. The van der Waals surface area contributed by atoms with Gasteiger partial charge < -0.3 is 5.32 Å². The van der Waals surface area contributed by atoms with Crippen LogP contribution in [0.4, 0.5) is 5.82 Å². The average Bonchev–Trinajstić information content (AvgIpc) is 2.70. The summed E-state index contributed by atoms with van der Waals surface area (Å²) >= 11 is 0. The van der Waals surface area contributed by atoms with Crippen LogP contribution in [0.25, 0.3) is 5.65 Å². The van der Waals surface area contributed by atoms with E-state index >= 15 is 0 Å². The number of aromatic nitrogens is 4. The molecule has 1 N–H and O–H groups in total. The second-order valence-corrected chi connectivity index (χ2v) is 5.23. The van der Waals surface area contributed by atoms with Gasteiger partial charge in [-0.2, -0.15) is 0 Å². The third kappa shape index (κ3) is 2.78. The summed E-state index contributed by atoms with van der Waals surface area (Å²) in [4.78, 5) is 4.35. The highest BCUT2D eigenvalue weighted by molar-refractivity contribution is 5.62. The molecule has 98 valence electrons. The Bertz CT molecular complexity index is 517. The Morgan fingerprint density at radius 2 is 2.00 bits per heavy atom. The zero-order valence-corrected chi connectivity index (χ0v) is 11.5. The van der Waals surface area contributed by atoms with Gasteiger partial charge in [0.05, 0.1) is 0 Å². The van der Waals surface area contributed by atoms with E-state index in [2.05, 4.69) is 41.3 Å². The second kappa shape index (κ2) is 5.33. The summed E-state index contributed by atoms with van der Waals surface area (Å²) in [5.41, 5.74) is 0.798. The lowest BCUT2D eigenvalue weighted by Gasteiger charge is -2.15. The third-order valence-electron chi connectivity index (χ3n) is 3.06. The van der Waals surface area contributed by atoms with E-state index in [-0.39, 0.29) is 0 Å². The van der Waals surface area contributed by atoms with E-state index in [1.165, 1.54) is 6.42 Å². The molecule has 0 saturated carbocycles. The number of fused-ring (bicyclic) bond motifs is 1. The van der Waals surface area contributed by atoms with E-state index < -0.39 is 0 Å². The molecule has 2 heterocycles. The fourth-order valence-corrected chi connectivity index (χ4v) is 1.93. The highest BCUT2D eigenvalue weighted by Gasteiger charge is 2.10. The minimum absolute atomic E-state index is 0.392. The maximum atomic E-state index is 4.35. The average molecular weight is 247 g/mol. The van der Waals surface area contributed by atoms with Gasteiger partial charge in [-0.1, -0.05) is 13.8 Å². The van der Waals surface area contributed by atoms with E-state index in [4.69, 9.17) is 0 Å². The predicted molar refractivity (Wildman–Crippen MR) is 72.7 cm³/mol. The number of nitrogens with zero attached hydrogens (tertiary/aromatic N) is 4. The van der Waals surface area contributed by atoms with Crippen LogP contribution in [0.3, 0.4) is 0 Å². The van der Waals surface area contributed by atoms with Crippen LogP contribution in [0, 0.1) is 12.8 Å². The number of hydrogen-bond donors (Lipinski definition) is 1. The summed E-state index contributed by atoms with van der Waals surface area (Å²) in [6.07, 6.45) is 6.01. The number of nitrogens with one attached hydrogen (secondary N) is 1. The van der Waals surface area contributed by atoms with Crippen molar-refractivity contribution in [1.29, 1.82) is 0 Å². The first-order valence-corrected chi connectivity index (χ1v) is 6.50. The molecule has 0 aliphatic carbocycles. The van der Waals surface area contributed by atoms with Crippen molar-refractivity contribution in [2.24, 2.45) is 5.92 Å². The van der Waals surface area contributed by atoms with E-state index in [1.54, 1.807) is 6.20 Å². The molecule has 5 nitrogen and oxygen atoms in total. The first kappa shape index (κ1) is 12.8. The van der Waals surface area contributed by atoms with E-state index in [9.17, 15) is 0 Å². The van der Waals surface area contributed by atoms with Gasteiger partial charge in [-0.15, -0.1) is 10.2 Å². The Hall–Kier alpha value is -1.65. The van der Waals surface area contributed by atoms with Crippen molar-refractivity contribution in [1.82, 2.24) is 19.6 Å². The molecule has 0 bridgehead atoms. The smallest absolute Gasteiger partial charge is 0.203 e. The van der Waals surface area contributed by atoms with Gasteiger partial charge in [-0.3, -0.25) is 4.40 Å². The summed E-state index contributed by atoms with van der Waals surface area (Å²) in [5.74, 6) is 2.42. The molecule has 2 aromatic heterocycles. The van der Waals surface area contributed by atoms with Crippen LogP contribution in [0.15, 0.2) is 12.4 Å². The van der Waals surface area contributed by atoms with Crippen LogP contribution in [-0.4, -0.2) is 25.6 Å². The lowest BCUT2D eigenvalue weighted by molar-refractivity contribution is 0.527. The fraction of sp³-hybridized carbons (Fsp3) is 0.615. The fourth-order valence-electron chi connectivity index (χ4n) is 1.93. The third-order valence-corrected chi connectivity index (χ3v) is 3.06. The van der Waals surface area contributed by atoms with Gasteiger partial charge in [0.15, 0.2) is 5.82 Å². The molecule has 0 fully saturated rings. The molecular weight excluding hydrogens is 226 g/mol. The van der Waals surface area contributed by atoms with Crippen LogP contribution in [-0.2, 0) is 0 Å². The standard InChI is InChI=1S/C13H21N5/c1-9(2)5-6-10(3)15-12-13-17-16-11(4)18(13)8-7-14-12/h7-10H,5-6H2,1-4H3,(H,14,15). The maximum absolute atomic E-state index is 4.35. The van der Waals surface area contributed by atoms with E-state index in [0.717, 1.165) is 29.6 Å². The Kier molecular flexibility index (Phi) is 3.79. The molecule has 2 rings (SSSR count). The lowest BCUT2D eigenvalue weighted by Crippen LogP contribution is -2.17. The highest BCUT2D eigenvalue weighted by Crippen LogP contribution is 2.15. The zero-order valence-electron chi connectivity index (χ0n) is 11.5. The Morgan fingerprint density at radius 1 is 1.22 bits per heavy atom.